The summed E-state index contributed by atoms with van der Waals surface area (Å²) in [6, 6.07) is 5.53. The molecule has 114 valence electrons. The summed E-state index contributed by atoms with van der Waals surface area (Å²) < 4.78 is 37.5. The van der Waals surface area contributed by atoms with E-state index in [0.717, 1.165) is 11.6 Å². The van der Waals surface area contributed by atoms with Crippen molar-refractivity contribution in [2.75, 3.05) is 0 Å². The number of benzene rings is 1. The van der Waals surface area contributed by atoms with Crippen LogP contribution >= 0.6 is 11.6 Å². The molecule has 1 N–H and O–H groups in total. The Morgan fingerprint density at radius 1 is 1.14 bits per heavy atom. The standard InChI is InChI=1S/C13H9ClF3NO.C2H6/c1-7-2-3-11(19)9(4-7)12-10(14)5-8(6-18-12)13(15,16)17;1-2/h2-6,19H,1H3;1-2H3. The largest absolute Gasteiger partial charge is 0.507 e. The summed E-state index contributed by atoms with van der Waals surface area (Å²) in [7, 11) is 0. The van der Waals surface area contributed by atoms with Crippen LogP contribution in [0.2, 0.25) is 5.02 Å². The number of phenolic OH excluding ortho intramolecular Hbond substituents is 1. The molecule has 0 aliphatic rings. The lowest BCUT2D eigenvalue weighted by Gasteiger charge is -2.10. The SMILES string of the molecule is CC.Cc1ccc(O)c(-c2ncc(C(F)(F)F)cc2Cl)c1. The number of phenols is 1. The second-order valence-corrected chi connectivity index (χ2v) is 4.48. The summed E-state index contributed by atoms with van der Waals surface area (Å²) in [5.41, 5.74) is 0.341. The van der Waals surface area contributed by atoms with Crippen molar-refractivity contribution in [3.63, 3.8) is 0 Å². The first kappa shape index (κ1) is 17.3. The Bertz CT molecular complexity index is 627. The van der Waals surface area contributed by atoms with Crippen LogP contribution in [0.3, 0.4) is 0 Å². The zero-order valence-corrected chi connectivity index (χ0v) is 12.5. The number of aryl methyl sites for hydroxylation is 1. The first-order valence-electron chi connectivity index (χ1n) is 6.32. The number of aromatic hydroxyl groups is 1. The summed E-state index contributed by atoms with van der Waals surface area (Å²) in [4.78, 5) is 3.70. The third-order valence-electron chi connectivity index (χ3n) is 2.58. The van der Waals surface area contributed by atoms with Gasteiger partial charge in [-0.1, -0.05) is 37.1 Å². The quantitative estimate of drug-likeness (QED) is 0.757. The van der Waals surface area contributed by atoms with Crippen LogP contribution in [0.25, 0.3) is 11.3 Å². The second-order valence-electron chi connectivity index (χ2n) is 4.07. The molecule has 1 aromatic heterocycles. The molecule has 0 radical (unpaired) electrons. The second kappa shape index (κ2) is 6.80. The maximum absolute atomic E-state index is 12.5. The smallest absolute Gasteiger partial charge is 0.417 e. The van der Waals surface area contributed by atoms with Gasteiger partial charge < -0.3 is 5.11 Å². The van der Waals surface area contributed by atoms with Crippen molar-refractivity contribution < 1.29 is 18.3 Å². The van der Waals surface area contributed by atoms with Gasteiger partial charge in [0, 0.05) is 11.8 Å². The molecule has 0 spiro atoms. The predicted octanol–water partition coefficient (Wildman–Crippen LogP) is 5.46. The van der Waals surface area contributed by atoms with Crippen LogP contribution in [0.5, 0.6) is 5.75 Å². The van der Waals surface area contributed by atoms with Crippen molar-refractivity contribution in [3.05, 3.63) is 46.6 Å². The zero-order valence-electron chi connectivity index (χ0n) is 11.8. The first-order valence-corrected chi connectivity index (χ1v) is 6.69. The van der Waals surface area contributed by atoms with Crippen molar-refractivity contribution in [1.29, 1.82) is 0 Å². The monoisotopic (exact) mass is 317 g/mol. The van der Waals surface area contributed by atoms with E-state index in [0.29, 0.717) is 11.8 Å². The lowest BCUT2D eigenvalue weighted by Crippen LogP contribution is -2.05. The van der Waals surface area contributed by atoms with Gasteiger partial charge in [-0.2, -0.15) is 13.2 Å². The molecule has 2 nitrogen and oxygen atoms in total. The van der Waals surface area contributed by atoms with Crippen molar-refractivity contribution >= 4 is 11.6 Å². The maximum Gasteiger partial charge on any atom is 0.417 e. The van der Waals surface area contributed by atoms with E-state index in [4.69, 9.17) is 11.6 Å². The van der Waals surface area contributed by atoms with Gasteiger partial charge >= 0.3 is 6.18 Å². The van der Waals surface area contributed by atoms with E-state index in [1.165, 1.54) is 6.07 Å². The molecule has 0 amide bonds. The number of hydrogen-bond acceptors (Lipinski definition) is 2. The van der Waals surface area contributed by atoms with Gasteiger partial charge in [0.25, 0.3) is 0 Å². The van der Waals surface area contributed by atoms with Crippen LogP contribution in [0.15, 0.2) is 30.5 Å². The van der Waals surface area contributed by atoms with Crippen LogP contribution < -0.4 is 0 Å². The van der Waals surface area contributed by atoms with Crippen molar-refractivity contribution in [2.45, 2.75) is 26.9 Å². The Morgan fingerprint density at radius 2 is 1.76 bits per heavy atom. The third kappa shape index (κ3) is 4.11. The molecule has 0 atom stereocenters. The molecule has 6 heteroatoms. The topological polar surface area (TPSA) is 33.1 Å². The number of rotatable bonds is 1. The molecule has 0 fully saturated rings. The Morgan fingerprint density at radius 3 is 2.29 bits per heavy atom. The Labute approximate surface area is 126 Å². The van der Waals surface area contributed by atoms with Crippen LogP contribution in [-0.4, -0.2) is 10.1 Å². The van der Waals surface area contributed by atoms with Gasteiger partial charge in [0.15, 0.2) is 0 Å². The van der Waals surface area contributed by atoms with Gasteiger partial charge in [-0.15, -0.1) is 0 Å². The Hall–Kier alpha value is -1.75. The summed E-state index contributed by atoms with van der Waals surface area (Å²) >= 11 is 5.82. The molecule has 1 heterocycles. The molecular formula is C15H15ClF3NO. The van der Waals surface area contributed by atoms with Crippen LogP contribution in [0.1, 0.15) is 25.0 Å². The van der Waals surface area contributed by atoms with Crippen molar-refractivity contribution in [3.8, 4) is 17.0 Å². The van der Waals surface area contributed by atoms with E-state index in [1.807, 2.05) is 13.8 Å². The van der Waals surface area contributed by atoms with Gasteiger partial charge in [0.2, 0.25) is 0 Å². The minimum absolute atomic E-state index is 0.0836. The molecule has 0 saturated carbocycles. The highest BCUT2D eigenvalue weighted by Crippen LogP contribution is 2.37. The summed E-state index contributed by atoms with van der Waals surface area (Å²) in [5, 5.41) is 9.56. The normalized spacial score (nSPS) is 10.8. The summed E-state index contributed by atoms with van der Waals surface area (Å²) in [6.45, 7) is 5.79. The lowest BCUT2D eigenvalue weighted by atomic mass is 10.1. The first-order chi connectivity index (χ1) is 9.79. The molecule has 0 aliphatic heterocycles. The number of nitrogens with zero attached hydrogens (tertiary/aromatic N) is 1. The molecular weight excluding hydrogens is 303 g/mol. The molecule has 21 heavy (non-hydrogen) atoms. The minimum Gasteiger partial charge on any atom is -0.507 e. The maximum atomic E-state index is 12.5. The highest BCUT2D eigenvalue weighted by Gasteiger charge is 2.31. The van der Waals surface area contributed by atoms with E-state index in [1.54, 1.807) is 19.1 Å². The Balaban J connectivity index is 0.00000106. The number of aromatic nitrogens is 1. The van der Waals surface area contributed by atoms with Crippen LogP contribution in [-0.2, 0) is 6.18 Å². The summed E-state index contributed by atoms with van der Waals surface area (Å²) in [5.74, 6) is -0.0836. The van der Waals surface area contributed by atoms with E-state index in [2.05, 4.69) is 4.98 Å². The van der Waals surface area contributed by atoms with Gasteiger partial charge in [0.05, 0.1) is 16.3 Å². The molecule has 1 aromatic carbocycles. The minimum atomic E-state index is -4.50. The molecule has 2 aromatic rings. The van der Waals surface area contributed by atoms with E-state index in [-0.39, 0.29) is 16.5 Å². The number of halogens is 4. The fraction of sp³-hybridized carbons (Fsp3) is 0.267. The van der Waals surface area contributed by atoms with Crippen molar-refractivity contribution in [2.24, 2.45) is 0 Å². The van der Waals surface area contributed by atoms with Crippen LogP contribution in [0, 0.1) is 6.92 Å². The lowest BCUT2D eigenvalue weighted by molar-refractivity contribution is -0.137. The van der Waals surface area contributed by atoms with Crippen LogP contribution in [0.4, 0.5) is 13.2 Å². The van der Waals surface area contributed by atoms with Gasteiger partial charge in [0.1, 0.15) is 5.75 Å². The van der Waals surface area contributed by atoms with Crippen molar-refractivity contribution in [1.82, 2.24) is 4.98 Å². The fourth-order valence-corrected chi connectivity index (χ4v) is 1.90. The average Bonchev–Trinajstić information content (AvgIpc) is 2.43. The van der Waals surface area contributed by atoms with E-state index in [9.17, 15) is 18.3 Å². The van der Waals surface area contributed by atoms with E-state index < -0.39 is 11.7 Å². The summed E-state index contributed by atoms with van der Waals surface area (Å²) in [6.07, 6.45) is -3.80. The fourth-order valence-electron chi connectivity index (χ4n) is 1.63. The number of hydrogen-bond donors (Lipinski definition) is 1. The molecule has 0 saturated heterocycles. The number of pyridine rings is 1. The van der Waals surface area contributed by atoms with Gasteiger partial charge in [-0.05, 0) is 25.1 Å². The zero-order chi connectivity index (χ0) is 16.2. The highest BCUT2D eigenvalue weighted by molar-refractivity contribution is 6.33. The highest BCUT2D eigenvalue weighted by atomic mass is 35.5. The third-order valence-corrected chi connectivity index (χ3v) is 2.86. The Kier molecular flexibility index (Phi) is 5.61. The molecule has 2 rings (SSSR count). The van der Waals surface area contributed by atoms with Gasteiger partial charge in [-0.25, -0.2) is 0 Å². The number of alkyl halides is 3. The molecule has 0 unspecified atom stereocenters. The molecule has 0 bridgehead atoms. The van der Waals surface area contributed by atoms with E-state index >= 15 is 0 Å². The van der Waals surface area contributed by atoms with Gasteiger partial charge in [-0.3, -0.25) is 4.98 Å². The predicted molar refractivity (Wildman–Crippen MR) is 77.4 cm³/mol. The average molecular weight is 318 g/mol. The molecule has 0 aliphatic carbocycles.